The van der Waals surface area contributed by atoms with E-state index in [1.165, 1.54) is 6.42 Å². The van der Waals surface area contributed by atoms with Crippen LogP contribution in [0.4, 0.5) is 0 Å². The van der Waals surface area contributed by atoms with Crippen molar-refractivity contribution in [3.05, 3.63) is 0 Å². The molecule has 7 heteroatoms. The fourth-order valence-electron chi connectivity index (χ4n) is 3.73. The molecule has 1 saturated heterocycles. The Morgan fingerprint density at radius 1 is 1.38 bits per heavy atom. The molecule has 2 fully saturated rings. The van der Waals surface area contributed by atoms with Crippen molar-refractivity contribution >= 4 is 29.9 Å². The summed E-state index contributed by atoms with van der Waals surface area (Å²) < 4.78 is 11.6. The van der Waals surface area contributed by atoms with Crippen LogP contribution in [0.15, 0.2) is 4.99 Å². The SMILES string of the molecule is CCCCOC1CC(NC(=NC)NCC2(CCO)CCOC2)C1(C)C.I. The van der Waals surface area contributed by atoms with Gasteiger partial charge in [0.15, 0.2) is 5.96 Å². The molecule has 0 aromatic carbocycles. The Hall–Kier alpha value is -0.120. The number of hydrogen-bond acceptors (Lipinski definition) is 4. The van der Waals surface area contributed by atoms with Crippen LogP contribution < -0.4 is 10.6 Å². The van der Waals surface area contributed by atoms with Crippen LogP contribution in [-0.2, 0) is 9.47 Å². The number of rotatable bonds is 9. The van der Waals surface area contributed by atoms with Gasteiger partial charge in [-0.25, -0.2) is 0 Å². The van der Waals surface area contributed by atoms with Crippen LogP contribution in [0.2, 0.25) is 0 Å². The van der Waals surface area contributed by atoms with Gasteiger partial charge in [-0.1, -0.05) is 27.2 Å². The molecule has 0 amide bonds. The summed E-state index contributed by atoms with van der Waals surface area (Å²) in [5.41, 5.74) is 0.123. The van der Waals surface area contributed by atoms with Gasteiger partial charge in [-0.15, -0.1) is 24.0 Å². The lowest BCUT2D eigenvalue weighted by atomic mass is 9.64. The van der Waals surface area contributed by atoms with Crippen molar-refractivity contribution in [3.63, 3.8) is 0 Å². The van der Waals surface area contributed by atoms with E-state index in [1.807, 2.05) is 0 Å². The lowest BCUT2D eigenvalue weighted by Crippen LogP contribution is -2.64. The first-order valence-electron chi connectivity index (χ1n) is 9.75. The van der Waals surface area contributed by atoms with E-state index in [1.54, 1.807) is 7.05 Å². The molecule has 3 unspecified atom stereocenters. The molecule has 0 aromatic heterocycles. The van der Waals surface area contributed by atoms with Crippen molar-refractivity contribution in [3.8, 4) is 0 Å². The van der Waals surface area contributed by atoms with E-state index in [2.05, 4.69) is 36.4 Å². The predicted molar refractivity (Wildman–Crippen MR) is 116 cm³/mol. The maximum atomic E-state index is 9.35. The van der Waals surface area contributed by atoms with Crippen molar-refractivity contribution in [2.75, 3.05) is 40.0 Å². The average Bonchev–Trinajstić information content (AvgIpc) is 3.05. The molecule has 26 heavy (non-hydrogen) atoms. The fourth-order valence-corrected chi connectivity index (χ4v) is 3.73. The van der Waals surface area contributed by atoms with Gasteiger partial charge in [0, 0.05) is 50.3 Å². The second-order valence-corrected chi connectivity index (χ2v) is 8.17. The molecule has 2 aliphatic rings. The normalized spacial score (nSPS) is 30.4. The van der Waals surface area contributed by atoms with E-state index in [0.29, 0.717) is 18.8 Å². The minimum Gasteiger partial charge on any atom is -0.396 e. The van der Waals surface area contributed by atoms with Gasteiger partial charge in [0.05, 0.1) is 12.7 Å². The van der Waals surface area contributed by atoms with Gasteiger partial charge in [0.25, 0.3) is 0 Å². The molecule has 0 radical (unpaired) electrons. The highest BCUT2D eigenvalue weighted by molar-refractivity contribution is 14.0. The predicted octanol–water partition coefficient (Wildman–Crippen LogP) is 2.54. The third-order valence-corrected chi connectivity index (χ3v) is 5.99. The maximum absolute atomic E-state index is 9.35. The fraction of sp³-hybridized carbons (Fsp3) is 0.947. The molecule has 3 N–H and O–H groups in total. The first-order valence-corrected chi connectivity index (χ1v) is 9.75. The number of unbranched alkanes of at least 4 members (excludes halogenated alkanes) is 1. The Balaban J connectivity index is 0.00000338. The third kappa shape index (κ3) is 5.94. The van der Waals surface area contributed by atoms with Gasteiger partial charge in [0.1, 0.15) is 0 Å². The summed E-state index contributed by atoms with van der Waals surface area (Å²) in [6, 6.07) is 0.360. The molecule has 3 atom stereocenters. The lowest BCUT2D eigenvalue weighted by molar-refractivity contribution is -0.113. The highest BCUT2D eigenvalue weighted by Gasteiger charge is 2.49. The van der Waals surface area contributed by atoms with Gasteiger partial charge in [-0.2, -0.15) is 0 Å². The number of halogens is 1. The smallest absolute Gasteiger partial charge is 0.191 e. The molecule has 2 rings (SSSR count). The first-order chi connectivity index (χ1) is 12.0. The standard InChI is InChI=1S/C19H37N3O3.HI/c1-5-6-10-25-16-12-15(18(16,2)3)22-17(20-4)21-13-19(7-9-23)8-11-24-14-19;/h15-16,23H,5-14H2,1-4H3,(H2,20,21,22);1H. The molecular weight excluding hydrogens is 445 g/mol. The van der Waals surface area contributed by atoms with Crippen molar-refractivity contribution in [2.45, 2.75) is 65.0 Å². The number of ether oxygens (including phenoxy) is 2. The van der Waals surface area contributed by atoms with E-state index < -0.39 is 0 Å². The number of aliphatic imine (C=N–C) groups is 1. The van der Waals surface area contributed by atoms with Gasteiger partial charge < -0.3 is 25.2 Å². The zero-order valence-electron chi connectivity index (χ0n) is 16.8. The van der Waals surface area contributed by atoms with Crippen molar-refractivity contribution < 1.29 is 14.6 Å². The van der Waals surface area contributed by atoms with E-state index in [4.69, 9.17) is 9.47 Å². The Labute approximate surface area is 175 Å². The largest absolute Gasteiger partial charge is 0.396 e. The molecule has 1 aliphatic carbocycles. The number of guanidine groups is 1. The molecule has 0 aromatic rings. The van der Waals surface area contributed by atoms with E-state index >= 15 is 0 Å². The van der Waals surface area contributed by atoms with Crippen LogP contribution in [0.1, 0.15) is 52.9 Å². The maximum Gasteiger partial charge on any atom is 0.191 e. The molecule has 0 bridgehead atoms. The van der Waals surface area contributed by atoms with E-state index in [9.17, 15) is 5.11 Å². The molecule has 0 spiro atoms. The quantitative estimate of drug-likeness (QED) is 0.204. The molecule has 1 heterocycles. The third-order valence-electron chi connectivity index (χ3n) is 5.99. The Kier molecular flexibility index (Phi) is 10.1. The summed E-state index contributed by atoms with van der Waals surface area (Å²) in [4.78, 5) is 4.38. The zero-order chi connectivity index (χ0) is 18.3. The van der Waals surface area contributed by atoms with Crippen LogP contribution in [0.3, 0.4) is 0 Å². The topological polar surface area (TPSA) is 75.1 Å². The van der Waals surface area contributed by atoms with Crippen LogP contribution in [0, 0.1) is 10.8 Å². The Morgan fingerprint density at radius 2 is 2.15 bits per heavy atom. The monoisotopic (exact) mass is 483 g/mol. The highest BCUT2D eigenvalue weighted by Crippen LogP contribution is 2.42. The number of hydrogen-bond donors (Lipinski definition) is 3. The van der Waals surface area contributed by atoms with Gasteiger partial charge in [-0.05, 0) is 25.7 Å². The average molecular weight is 483 g/mol. The summed E-state index contributed by atoms with van der Waals surface area (Å²) in [6.45, 7) is 10.0. The van der Waals surface area contributed by atoms with Gasteiger partial charge >= 0.3 is 0 Å². The lowest BCUT2D eigenvalue weighted by Gasteiger charge is -2.52. The number of nitrogens with zero attached hydrogens (tertiary/aromatic N) is 1. The van der Waals surface area contributed by atoms with Gasteiger partial charge in [-0.3, -0.25) is 4.99 Å². The van der Waals surface area contributed by atoms with Gasteiger partial charge in [0.2, 0.25) is 0 Å². The zero-order valence-corrected chi connectivity index (χ0v) is 19.2. The Morgan fingerprint density at radius 3 is 2.69 bits per heavy atom. The molecule has 6 nitrogen and oxygen atoms in total. The van der Waals surface area contributed by atoms with Crippen molar-refractivity contribution in [2.24, 2.45) is 15.8 Å². The van der Waals surface area contributed by atoms with Crippen LogP contribution >= 0.6 is 24.0 Å². The first kappa shape index (κ1) is 23.9. The van der Waals surface area contributed by atoms with Crippen LogP contribution in [-0.4, -0.2) is 63.2 Å². The van der Waals surface area contributed by atoms with Crippen LogP contribution in [0.5, 0.6) is 0 Å². The summed E-state index contributed by atoms with van der Waals surface area (Å²) in [7, 11) is 1.81. The second-order valence-electron chi connectivity index (χ2n) is 8.17. The minimum absolute atomic E-state index is 0. The molecule has 1 aliphatic heterocycles. The number of aliphatic hydroxyl groups is 1. The van der Waals surface area contributed by atoms with E-state index in [-0.39, 0.29) is 41.4 Å². The summed E-state index contributed by atoms with van der Waals surface area (Å²) >= 11 is 0. The summed E-state index contributed by atoms with van der Waals surface area (Å²) in [5, 5.41) is 16.4. The second kappa shape index (κ2) is 11.0. The van der Waals surface area contributed by atoms with Crippen molar-refractivity contribution in [1.82, 2.24) is 10.6 Å². The van der Waals surface area contributed by atoms with Crippen molar-refractivity contribution in [1.29, 1.82) is 0 Å². The molecular formula is C19H38IN3O3. The Bertz CT molecular complexity index is 440. The number of nitrogens with one attached hydrogen (secondary N) is 2. The van der Waals surface area contributed by atoms with Crippen LogP contribution in [0.25, 0.3) is 0 Å². The molecule has 1 saturated carbocycles. The summed E-state index contributed by atoms with van der Waals surface area (Å²) in [6.07, 6.45) is 5.38. The summed E-state index contributed by atoms with van der Waals surface area (Å²) in [5.74, 6) is 0.828. The highest BCUT2D eigenvalue weighted by atomic mass is 127. The number of aliphatic hydroxyl groups excluding tert-OH is 1. The van der Waals surface area contributed by atoms with E-state index in [0.717, 1.165) is 51.4 Å². The minimum atomic E-state index is 0. The molecule has 154 valence electrons.